The van der Waals surface area contributed by atoms with E-state index in [0.29, 0.717) is 5.69 Å². The van der Waals surface area contributed by atoms with Gasteiger partial charge in [0.1, 0.15) is 5.82 Å². The molecular weight excluding hydrogens is 357 g/mol. The molecule has 0 amide bonds. The SMILES string of the molecule is CCCCc1cc(C(CC)c2cccc(F)c2)n(-c2cccc([N+](=O)[O-])c2)n1. The molecule has 1 aromatic heterocycles. The van der Waals surface area contributed by atoms with E-state index in [1.165, 1.54) is 18.2 Å². The Bertz CT molecular complexity index is 968. The average molecular weight is 381 g/mol. The Morgan fingerprint density at radius 2 is 1.93 bits per heavy atom. The largest absolute Gasteiger partial charge is 0.271 e. The van der Waals surface area contributed by atoms with E-state index in [1.807, 2.05) is 25.1 Å². The molecule has 1 unspecified atom stereocenters. The van der Waals surface area contributed by atoms with Crippen LogP contribution in [0.3, 0.4) is 0 Å². The summed E-state index contributed by atoms with van der Waals surface area (Å²) in [6, 6.07) is 15.1. The number of benzene rings is 2. The van der Waals surface area contributed by atoms with E-state index in [9.17, 15) is 14.5 Å². The maximum Gasteiger partial charge on any atom is 0.271 e. The van der Waals surface area contributed by atoms with Crippen molar-refractivity contribution < 1.29 is 9.31 Å². The summed E-state index contributed by atoms with van der Waals surface area (Å²) >= 11 is 0. The lowest BCUT2D eigenvalue weighted by Gasteiger charge is -2.17. The van der Waals surface area contributed by atoms with E-state index in [4.69, 9.17) is 5.10 Å². The second-order valence-electron chi connectivity index (χ2n) is 6.87. The molecule has 0 spiro atoms. The number of aromatic nitrogens is 2. The highest BCUT2D eigenvalue weighted by Gasteiger charge is 2.21. The first-order chi connectivity index (χ1) is 13.5. The fraction of sp³-hybridized carbons (Fsp3) is 0.318. The topological polar surface area (TPSA) is 61.0 Å². The summed E-state index contributed by atoms with van der Waals surface area (Å²) < 4.78 is 15.6. The van der Waals surface area contributed by atoms with Crippen LogP contribution in [0.4, 0.5) is 10.1 Å². The zero-order valence-electron chi connectivity index (χ0n) is 16.1. The van der Waals surface area contributed by atoms with Crippen LogP contribution >= 0.6 is 0 Å². The molecule has 0 aliphatic rings. The van der Waals surface area contributed by atoms with Gasteiger partial charge in [-0.25, -0.2) is 9.07 Å². The smallest absolute Gasteiger partial charge is 0.258 e. The van der Waals surface area contributed by atoms with Gasteiger partial charge in [0.15, 0.2) is 0 Å². The minimum atomic E-state index is -0.408. The molecule has 0 saturated heterocycles. The number of non-ortho nitro benzene ring substituents is 1. The van der Waals surface area contributed by atoms with E-state index in [-0.39, 0.29) is 17.4 Å². The van der Waals surface area contributed by atoms with E-state index in [2.05, 4.69) is 6.92 Å². The minimum absolute atomic E-state index is 0.0212. The Hall–Kier alpha value is -3.02. The van der Waals surface area contributed by atoms with Crippen molar-refractivity contribution in [3.05, 3.63) is 87.5 Å². The third-order valence-electron chi connectivity index (χ3n) is 4.88. The molecule has 0 N–H and O–H groups in total. The predicted octanol–water partition coefficient (Wildman–Crippen LogP) is 5.80. The maximum absolute atomic E-state index is 13.8. The third-order valence-corrected chi connectivity index (χ3v) is 4.88. The van der Waals surface area contributed by atoms with E-state index in [1.54, 1.807) is 22.9 Å². The molecule has 6 heteroatoms. The molecule has 146 valence electrons. The second-order valence-corrected chi connectivity index (χ2v) is 6.87. The Kier molecular flexibility index (Phi) is 6.19. The fourth-order valence-electron chi connectivity index (χ4n) is 3.46. The van der Waals surface area contributed by atoms with Crippen molar-refractivity contribution in [1.29, 1.82) is 0 Å². The van der Waals surface area contributed by atoms with Crippen molar-refractivity contribution in [1.82, 2.24) is 9.78 Å². The number of hydrogen-bond donors (Lipinski definition) is 0. The lowest BCUT2D eigenvalue weighted by atomic mass is 9.92. The van der Waals surface area contributed by atoms with Crippen LogP contribution in [0.5, 0.6) is 0 Å². The molecule has 0 radical (unpaired) electrons. The Morgan fingerprint density at radius 1 is 1.14 bits per heavy atom. The van der Waals surface area contributed by atoms with Gasteiger partial charge < -0.3 is 0 Å². The van der Waals surface area contributed by atoms with Gasteiger partial charge in [0.25, 0.3) is 5.69 Å². The van der Waals surface area contributed by atoms with Gasteiger partial charge in [-0.05, 0) is 49.1 Å². The zero-order chi connectivity index (χ0) is 20.1. The monoisotopic (exact) mass is 381 g/mol. The molecular formula is C22H24FN3O2. The highest BCUT2D eigenvalue weighted by molar-refractivity contribution is 5.45. The number of unbranched alkanes of at least 4 members (excludes halogenated alkanes) is 1. The maximum atomic E-state index is 13.8. The second kappa shape index (κ2) is 8.78. The standard InChI is InChI=1S/C22H24FN3O2/c1-3-5-10-18-14-22(21(4-2)16-8-6-9-17(23)13-16)25(24-18)19-11-7-12-20(15-19)26(27)28/h6-9,11-15,21H,3-5,10H2,1-2H3. The van der Waals surface area contributed by atoms with Crippen molar-refractivity contribution in [3.63, 3.8) is 0 Å². The van der Waals surface area contributed by atoms with Crippen LogP contribution in [-0.4, -0.2) is 14.7 Å². The van der Waals surface area contributed by atoms with Crippen LogP contribution in [0.2, 0.25) is 0 Å². The van der Waals surface area contributed by atoms with Crippen molar-refractivity contribution in [2.75, 3.05) is 0 Å². The highest BCUT2D eigenvalue weighted by atomic mass is 19.1. The van der Waals surface area contributed by atoms with Gasteiger partial charge in [0.05, 0.1) is 22.0 Å². The van der Waals surface area contributed by atoms with Gasteiger partial charge in [-0.1, -0.05) is 38.5 Å². The van der Waals surface area contributed by atoms with Crippen molar-refractivity contribution in [2.24, 2.45) is 0 Å². The van der Waals surface area contributed by atoms with Gasteiger partial charge in [-0.15, -0.1) is 0 Å². The molecule has 3 rings (SSSR count). The van der Waals surface area contributed by atoms with Crippen LogP contribution < -0.4 is 0 Å². The number of nitrogens with zero attached hydrogens (tertiary/aromatic N) is 3. The lowest BCUT2D eigenvalue weighted by Crippen LogP contribution is -2.09. The summed E-state index contributed by atoms with van der Waals surface area (Å²) in [6.07, 6.45) is 3.67. The molecule has 0 aliphatic carbocycles. The molecule has 2 aromatic carbocycles. The number of hydrogen-bond acceptors (Lipinski definition) is 3. The lowest BCUT2D eigenvalue weighted by molar-refractivity contribution is -0.384. The van der Waals surface area contributed by atoms with Crippen molar-refractivity contribution in [3.8, 4) is 5.69 Å². The van der Waals surface area contributed by atoms with Gasteiger partial charge >= 0.3 is 0 Å². The quantitative estimate of drug-likeness (QED) is 0.366. The first-order valence-electron chi connectivity index (χ1n) is 9.62. The number of nitro benzene ring substituents is 1. The Balaban J connectivity index is 2.12. The summed E-state index contributed by atoms with van der Waals surface area (Å²) in [5.41, 5.74) is 3.39. The van der Waals surface area contributed by atoms with Crippen LogP contribution in [0.25, 0.3) is 5.69 Å². The van der Waals surface area contributed by atoms with E-state index in [0.717, 1.165) is 42.6 Å². The van der Waals surface area contributed by atoms with Crippen LogP contribution in [0.15, 0.2) is 54.6 Å². The number of rotatable bonds is 8. The summed E-state index contributed by atoms with van der Waals surface area (Å²) in [7, 11) is 0. The molecule has 0 fully saturated rings. The van der Waals surface area contributed by atoms with E-state index < -0.39 is 4.92 Å². The Labute approximate surface area is 164 Å². The number of nitro groups is 1. The normalized spacial score (nSPS) is 12.1. The van der Waals surface area contributed by atoms with Crippen LogP contribution in [0, 0.1) is 15.9 Å². The molecule has 28 heavy (non-hydrogen) atoms. The van der Waals surface area contributed by atoms with Crippen LogP contribution in [0.1, 0.15) is 56.0 Å². The number of aryl methyl sites for hydroxylation is 1. The van der Waals surface area contributed by atoms with Crippen molar-refractivity contribution in [2.45, 2.75) is 45.4 Å². The molecule has 0 saturated carbocycles. The summed E-state index contributed by atoms with van der Waals surface area (Å²) in [5, 5.41) is 15.9. The molecule has 3 aromatic rings. The number of halogens is 1. The predicted molar refractivity (Wildman–Crippen MR) is 107 cm³/mol. The van der Waals surface area contributed by atoms with Crippen LogP contribution in [-0.2, 0) is 6.42 Å². The molecule has 1 atom stereocenters. The summed E-state index contributed by atoms with van der Waals surface area (Å²) in [6.45, 7) is 4.17. The summed E-state index contributed by atoms with van der Waals surface area (Å²) in [5.74, 6) is -0.332. The fourth-order valence-corrected chi connectivity index (χ4v) is 3.46. The first-order valence-corrected chi connectivity index (χ1v) is 9.62. The molecule has 0 bridgehead atoms. The molecule has 0 aliphatic heterocycles. The minimum Gasteiger partial charge on any atom is -0.258 e. The van der Waals surface area contributed by atoms with Crippen molar-refractivity contribution >= 4 is 5.69 Å². The van der Waals surface area contributed by atoms with Gasteiger partial charge in [-0.2, -0.15) is 5.10 Å². The Morgan fingerprint density at radius 3 is 2.61 bits per heavy atom. The molecule has 5 nitrogen and oxygen atoms in total. The zero-order valence-corrected chi connectivity index (χ0v) is 16.1. The van der Waals surface area contributed by atoms with Gasteiger partial charge in [-0.3, -0.25) is 10.1 Å². The molecule has 1 heterocycles. The third kappa shape index (κ3) is 4.27. The highest BCUT2D eigenvalue weighted by Crippen LogP contribution is 2.31. The van der Waals surface area contributed by atoms with Gasteiger partial charge in [0, 0.05) is 18.1 Å². The first kappa shape index (κ1) is 19.7. The van der Waals surface area contributed by atoms with Gasteiger partial charge in [0.2, 0.25) is 0 Å². The average Bonchev–Trinajstić information content (AvgIpc) is 3.11. The summed E-state index contributed by atoms with van der Waals surface area (Å²) in [4.78, 5) is 10.8. The van der Waals surface area contributed by atoms with E-state index >= 15 is 0 Å².